The van der Waals surface area contributed by atoms with Crippen LogP contribution >= 0.6 is 22.9 Å². The van der Waals surface area contributed by atoms with Crippen LogP contribution in [0.25, 0.3) is 0 Å². The molecule has 2 heterocycles. The van der Waals surface area contributed by atoms with Crippen molar-refractivity contribution in [1.29, 1.82) is 0 Å². The van der Waals surface area contributed by atoms with Gasteiger partial charge in [0.25, 0.3) is 0 Å². The lowest BCUT2D eigenvalue weighted by molar-refractivity contribution is 0.250. The summed E-state index contributed by atoms with van der Waals surface area (Å²) in [5.41, 5.74) is 2.68. The fourth-order valence-corrected chi connectivity index (χ4v) is 3.68. The second-order valence-electron chi connectivity index (χ2n) is 5.75. The summed E-state index contributed by atoms with van der Waals surface area (Å²) in [6, 6.07) is 12.8. The maximum absolute atomic E-state index is 12.2. The third-order valence-corrected chi connectivity index (χ3v) is 4.96. The lowest BCUT2D eigenvalue weighted by atomic mass is 10.2. The summed E-state index contributed by atoms with van der Waals surface area (Å²) in [6.07, 6.45) is 0. The molecule has 0 aliphatic heterocycles. The van der Waals surface area contributed by atoms with Gasteiger partial charge in [0, 0.05) is 27.8 Å². The summed E-state index contributed by atoms with van der Waals surface area (Å²) in [4.78, 5) is 13.4. The van der Waals surface area contributed by atoms with E-state index in [9.17, 15) is 4.79 Å². The van der Waals surface area contributed by atoms with E-state index >= 15 is 0 Å². The van der Waals surface area contributed by atoms with Gasteiger partial charge in [-0.15, -0.1) is 11.3 Å². The van der Waals surface area contributed by atoms with E-state index in [-0.39, 0.29) is 12.1 Å². The number of amides is 2. The van der Waals surface area contributed by atoms with Crippen molar-refractivity contribution in [2.75, 3.05) is 11.9 Å². The number of hydrogen-bond donors (Lipinski definition) is 2. The highest BCUT2D eigenvalue weighted by atomic mass is 35.5. The van der Waals surface area contributed by atoms with Crippen LogP contribution in [-0.4, -0.2) is 22.4 Å². The molecular weight excluding hydrogens is 356 g/mol. The highest BCUT2D eigenvalue weighted by Crippen LogP contribution is 2.24. The van der Waals surface area contributed by atoms with Crippen molar-refractivity contribution < 1.29 is 4.79 Å². The Hall–Kier alpha value is -2.31. The third kappa shape index (κ3) is 4.41. The number of aryl methyl sites for hydroxylation is 2. The van der Waals surface area contributed by atoms with E-state index in [0.29, 0.717) is 17.3 Å². The number of benzene rings is 1. The van der Waals surface area contributed by atoms with Crippen LogP contribution in [0.3, 0.4) is 0 Å². The Morgan fingerprint density at radius 1 is 1.28 bits per heavy atom. The zero-order valence-electron chi connectivity index (χ0n) is 14.0. The summed E-state index contributed by atoms with van der Waals surface area (Å²) in [5, 5.41) is 12.9. The standard InChI is InChI=1S/C18H19ClN4OS/c1-12-9-13(2)23(22-12)16(17-7-4-8-25-17)11-20-18(24)21-15-6-3-5-14(19)10-15/h3-10,16H,11H2,1-2H3,(H2,20,21,24). The molecule has 5 nitrogen and oxygen atoms in total. The zero-order chi connectivity index (χ0) is 17.8. The molecule has 0 fully saturated rings. The van der Waals surface area contributed by atoms with E-state index in [4.69, 9.17) is 11.6 Å². The first-order chi connectivity index (χ1) is 12.0. The van der Waals surface area contributed by atoms with Gasteiger partial charge in [0.05, 0.1) is 5.69 Å². The first-order valence-corrected chi connectivity index (χ1v) is 9.15. The van der Waals surface area contributed by atoms with Gasteiger partial charge in [-0.1, -0.05) is 23.7 Å². The van der Waals surface area contributed by atoms with Crippen molar-refractivity contribution in [2.24, 2.45) is 0 Å². The van der Waals surface area contributed by atoms with E-state index in [1.165, 1.54) is 0 Å². The van der Waals surface area contributed by atoms with Gasteiger partial charge in [-0.3, -0.25) is 4.68 Å². The lowest BCUT2D eigenvalue weighted by Crippen LogP contribution is -2.34. The molecule has 1 aromatic carbocycles. The third-order valence-electron chi connectivity index (χ3n) is 3.75. The molecule has 1 atom stereocenters. The van der Waals surface area contributed by atoms with Crippen molar-refractivity contribution in [3.05, 3.63) is 69.1 Å². The topological polar surface area (TPSA) is 59.0 Å². The number of aromatic nitrogens is 2. The van der Waals surface area contributed by atoms with E-state index in [1.807, 2.05) is 36.0 Å². The van der Waals surface area contributed by atoms with Crippen LogP contribution in [0.15, 0.2) is 47.8 Å². The number of rotatable bonds is 5. The summed E-state index contributed by atoms with van der Waals surface area (Å²) >= 11 is 7.59. The van der Waals surface area contributed by atoms with E-state index in [1.54, 1.807) is 35.6 Å². The molecule has 130 valence electrons. The maximum atomic E-state index is 12.2. The van der Waals surface area contributed by atoms with Gasteiger partial charge >= 0.3 is 6.03 Å². The number of nitrogens with zero attached hydrogens (tertiary/aromatic N) is 2. The Bertz CT molecular complexity index is 860. The zero-order valence-corrected chi connectivity index (χ0v) is 15.6. The fourth-order valence-electron chi connectivity index (χ4n) is 2.68. The van der Waals surface area contributed by atoms with Crippen LogP contribution in [0.4, 0.5) is 10.5 Å². The molecule has 1 unspecified atom stereocenters. The first kappa shape index (κ1) is 17.5. The van der Waals surface area contributed by atoms with Gasteiger partial charge in [0.15, 0.2) is 0 Å². The van der Waals surface area contributed by atoms with E-state index in [2.05, 4.69) is 21.8 Å². The Kier molecular flexibility index (Phi) is 5.40. The van der Waals surface area contributed by atoms with E-state index < -0.39 is 0 Å². The lowest BCUT2D eigenvalue weighted by Gasteiger charge is -2.19. The van der Waals surface area contributed by atoms with Gasteiger partial charge < -0.3 is 10.6 Å². The molecule has 0 bridgehead atoms. The highest BCUT2D eigenvalue weighted by Gasteiger charge is 2.19. The summed E-state index contributed by atoms with van der Waals surface area (Å²) in [5.74, 6) is 0. The number of hydrogen-bond acceptors (Lipinski definition) is 3. The molecule has 0 spiro atoms. The number of halogens is 1. The molecule has 0 aliphatic carbocycles. The summed E-state index contributed by atoms with van der Waals surface area (Å²) in [7, 11) is 0. The largest absolute Gasteiger partial charge is 0.335 e. The fraction of sp³-hybridized carbons (Fsp3) is 0.222. The maximum Gasteiger partial charge on any atom is 0.319 e. The summed E-state index contributed by atoms with van der Waals surface area (Å²) < 4.78 is 1.96. The molecule has 0 radical (unpaired) electrons. The van der Waals surface area contributed by atoms with Crippen molar-refractivity contribution in [2.45, 2.75) is 19.9 Å². The average molecular weight is 375 g/mol. The average Bonchev–Trinajstić information content (AvgIpc) is 3.18. The van der Waals surface area contributed by atoms with Gasteiger partial charge in [-0.05, 0) is 49.6 Å². The van der Waals surface area contributed by atoms with Crippen molar-refractivity contribution in [1.82, 2.24) is 15.1 Å². The minimum Gasteiger partial charge on any atom is -0.335 e. The quantitative estimate of drug-likeness (QED) is 0.684. The van der Waals surface area contributed by atoms with Crippen molar-refractivity contribution >= 4 is 34.7 Å². The molecule has 25 heavy (non-hydrogen) atoms. The second kappa shape index (κ2) is 7.72. The predicted octanol–water partition coefficient (Wildman–Crippen LogP) is 4.63. The van der Waals surface area contributed by atoms with Crippen LogP contribution in [0, 0.1) is 13.8 Å². The highest BCUT2D eigenvalue weighted by molar-refractivity contribution is 7.10. The molecule has 2 N–H and O–H groups in total. The van der Waals surface area contributed by atoms with Gasteiger partial charge in [-0.2, -0.15) is 5.10 Å². The normalized spacial score (nSPS) is 12.0. The minimum absolute atomic E-state index is 0.0428. The monoisotopic (exact) mass is 374 g/mol. The molecule has 3 rings (SSSR count). The molecule has 2 aromatic heterocycles. The van der Waals surface area contributed by atoms with Crippen molar-refractivity contribution in [3.8, 4) is 0 Å². The molecule has 7 heteroatoms. The molecule has 0 saturated carbocycles. The van der Waals surface area contributed by atoms with Crippen LogP contribution in [0.2, 0.25) is 5.02 Å². The molecule has 0 saturated heterocycles. The Balaban J connectivity index is 1.71. The number of nitrogens with one attached hydrogen (secondary N) is 2. The van der Waals surface area contributed by atoms with Crippen molar-refractivity contribution in [3.63, 3.8) is 0 Å². The van der Waals surface area contributed by atoms with Crippen LogP contribution in [0.1, 0.15) is 22.3 Å². The van der Waals surface area contributed by atoms with Gasteiger partial charge in [0.1, 0.15) is 6.04 Å². The minimum atomic E-state index is -0.273. The van der Waals surface area contributed by atoms with Gasteiger partial charge in [0.2, 0.25) is 0 Å². The number of urea groups is 1. The predicted molar refractivity (Wildman–Crippen MR) is 103 cm³/mol. The summed E-state index contributed by atoms with van der Waals surface area (Å²) in [6.45, 7) is 4.43. The van der Waals surface area contributed by atoms with Crippen LogP contribution < -0.4 is 10.6 Å². The number of anilines is 1. The number of thiophene rings is 1. The Labute approximate surface area is 155 Å². The molecule has 0 aliphatic rings. The smallest absolute Gasteiger partial charge is 0.319 e. The number of carbonyl (C=O) groups is 1. The Morgan fingerprint density at radius 2 is 2.12 bits per heavy atom. The molecule has 2 amide bonds. The Morgan fingerprint density at radius 3 is 2.76 bits per heavy atom. The van der Waals surface area contributed by atoms with E-state index in [0.717, 1.165) is 16.3 Å². The van der Waals surface area contributed by atoms with Crippen LogP contribution in [0.5, 0.6) is 0 Å². The second-order valence-corrected chi connectivity index (χ2v) is 7.16. The molecule has 3 aromatic rings. The molecular formula is C18H19ClN4OS. The van der Waals surface area contributed by atoms with Crippen LogP contribution in [-0.2, 0) is 0 Å². The number of carbonyl (C=O) groups excluding carboxylic acids is 1. The first-order valence-electron chi connectivity index (χ1n) is 7.89. The SMILES string of the molecule is Cc1cc(C)n(C(CNC(=O)Nc2cccc(Cl)c2)c2cccs2)n1. The van der Waals surface area contributed by atoms with Gasteiger partial charge in [-0.25, -0.2) is 4.79 Å².